The molecule has 20 heavy (non-hydrogen) atoms. The van der Waals surface area contributed by atoms with Gasteiger partial charge >= 0.3 is 6.03 Å². The zero-order chi connectivity index (χ0) is 14.1. The van der Waals surface area contributed by atoms with E-state index in [2.05, 4.69) is 10.4 Å². The molecule has 3 heterocycles. The van der Waals surface area contributed by atoms with E-state index in [1.165, 1.54) is 4.90 Å². The molecule has 1 fully saturated rings. The Labute approximate surface area is 115 Å². The molecule has 0 bridgehead atoms. The molecule has 106 valence electrons. The molecule has 0 spiro atoms. The van der Waals surface area contributed by atoms with Crippen molar-refractivity contribution in [2.24, 2.45) is 0 Å². The molecule has 1 saturated heterocycles. The van der Waals surface area contributed by atoms with Crippen LogP contribution in [0.25, 0.3) is 5.52 Å². The third-order valence-electron chi connectivity index (χ3n) is 3.47. The third kappa shape index (κ3) is 2.33. The molecule has 7 nitrogen and oxygen atoms in total. The van der Waals surface area contributed by atoms with Crippen molar-refractivity contribution in [3.63, 3.8) is 0 Å². The monoisotopic (exact) mass is 276 g/mol. The van der Waals surface area contributed by atoms with E-state index in [-0.39, 0.29) is 25.2 Å². The smallest absolute Gasteiger partial charge is 0.323 e. The molecule has 2 aromatic rings. The summed E-state index contributed by atoms with van der Waals surface area (Å²) in [4.78, 5) is 13.6. The van der Waals surface area contributed by atoms with Crippen molar-refractivity contribution in [1.29, 1.82) is 0 Å². The van der Waals surface area contributed by atoms with Gasteiger partial charge in [0, 0.05) is 18.8 Å². The number of nitrogens with one attached hydrogen (secondary N) is 1. The highest BCUT2D eigenvalue weighted by Gasteiger charge is 2.34. The van der Waals surface area contributed by atoms with Crippen molar-refractivity contribution in [1.82, 2.24) is 14.5 Å². The van der Waals surface area contributed by atoms with Gasteiger partial charge in [0.1, 0.15) is 0 Å². The van der Waals surface area contributed by atoms with Crippen molar-refractivity contribution >= 4 is 17.4 Å². The van der Waals surface area contributed by atoms with E-state index in [0.29, 0.717) is 12.2 Å². The molecule has 2 atom stereocenters. The van der Waals surface area contributed by atoms with Crippen LogP contribution in [0.4, 0.5) is 10.6 Å². The summed E-state index contributed by atoms with van der Waals surface area (Å²) in [5.74, 6) is 0.444. The number of carbonyl (C=O) groups excluding carboxylic acids is 1. The lowest BCUT2D eigenvalue weighted by molar-refractivity contribution is 0.164. The molecule has 0 aromatic carbocycles. The number of anilines is 1. The van der Waals surface area contributed by atoms with Gasteiger partial charge in [-0.1, -0.05) is 6.07 Å². The van der Waals surface area contributed by atoms with E-state index in [0.717, 1.165) is 5.52 Å². The Morgan fingerprint density at radius 1 is 1.50 bits per heavy atom. The normalized spacial score (nSPS) is 22.4. The number of urea groups is 1. The molecule has 0 radical (unpaired) electrons. The second kappa shape index (κ2) is 5.10. The van der Waals surface area contributed by atoms with Gasteiger partial charge < -0.3 is 15.1 Å². The second-order valence-electron chi connectivity index (χ2n) is 4.91. The molecule has 0 saturated carbocycles. The molecule has 0 aliphatic carbocycles. The van der Waals surface area contributed by atoms with Crippen molar-refractivity contribution in [3.05, 3.63) is 30.5 Å². The fourth-order valence-corrected chi connectivity index (χ4v) is 2.49. The second-order valence-corrected chi connectivity index (χ2v) is 4.91. The average molecular weight is 276 g/mol. The van der Waals surface area contributed by atoms with Crippen molar-refractivity contribution in [2.45, 2.75) is 18.6 Å². The van der Waals surface area contributed by atoms with Crippen LogP contribution in [0.15, 0.2) is 30.5 Å². The summed E-state index contributed by atoms with van der Waals surface area (Å²) in [6, 6.07) is 6.69. The average Bonchev–Trinajstić information content (AvgIpc) is 3.00. The van der Waals surface area contributed by atoms with E-state index < -0.39 is 6.10 Å². The standard InChI is InChI=1S/C13H16N4O3/c18-8-10-5-11(19)7-16(10)13(20)14-12-6-9-3-1-2-4-17(9)15-12/h1-4,6,10-11,18-19H,5,7-8H2,(H,14,15,20). The largest absolute Gasteiger partial charge is 0.394 e. The zero-order valence-corrected chi connectivity index (χ0v) is 10.8. The summed E-state index contributed by atoms with van der Waals surface area (Å²) in [5, 5.41) is 25.7. The Balaban J connectivity index is 1.75. The van der Waals surface area contributed by atoms with E-state index >= 15 is 0 Å². The fourth-order valence-electron chi connectivity index (χ4n) is 2.49. The first-order valence-electron chi connectivity index (χ1n) is 6.48. The highest BCUT2D eigenvalue weighted by molar-refractivity contribution is 5.89. The van der Waals surface area contributed by atoms with E-state index in [1.54, 1.807) is 16.8 Å². The Bertz CT molecular complexity index is 594. The summed E-state index contributed by atoms with van der Waals surface area (Å²) in [6.07, 6.45) is 1.61. The van der Waals surface area contributed by atoms with Gasteiger partial charge in [-0.3, -0.25) is 5.32 Å². The summed E-state index contributed by atoms with van der Waals surface area (Å²) >= 11 is 0. The van der Waals surface area contributed by atoms with E-state index in [1.807, 2.05) is 18.2 Å². The molecule has 3 rings (SSSR count). The molecule has 2 amide bonds. The van der Waals surface area contributed by atoms with Crippen LogP contribution in [0.1, 0.15) is 6.42 Å². The molecular formula is C13H16N4O3. The van der Waals surface area contributed by atoms with Crippen LogP contribution < -0.4 is 5.32 Å². The number of aromatic nitrogens is 2. The number of rotatable bonds is 2. The highest BCUT2D eigenvalue weighted by atomic mass is 16.3. The minimum atomic E-state index is -0.584. The number of carbonyl (C=O) groups is 1. The Morgan fingerprint density at radius 2 is 2.35 bits per heavy atom. The summed E-state index contributed by atoms with van der Waals surface area (Å²) < 4.78 is 1.66. The van der Waals surface area contributed by atoms with Gasteiger partial charge in [-0.05, 0) is 18.6 Å². The van der Waals surface area contributed by atoms with Gasteiger partial charge in [0.05, 0.1) is 24.3 Å². The maximum absolute atomic E-state index is 12.1. The van der Waals surface area contributed by atoms with Gasteiger partial charge in [0.25, 0.3) is 0 Å². The minimum Gasteiger partial charge on any atom is -0.394 e. The van der Waals surface area contributed by atoms with E-state index in [4.69, 9.17) is 0 Å². The number of pyridine rings is 1. The van der Waals surface area contributed by atoms with Gasteiger partial charge in [-0.2, -0.15) is 0 Å². The zero-order valence-electron chi connectivity index (χ0n) is 10.8. The van der Waals surface area contributed by atoms with Gasteiger partial charge in [0.2, 0.25) is 0 Å². The molecule has 7 heteroatoms. The topological polar surface area (TPSA) is 90.1 Å². The summed E-state index contributed by atoms with van der Waals surface area (Å²) in [7, 11) is 0. The number of likely N-dealkylation sites (tertiary alicyclic amines) is 1. The number of nitrogens with zero attached hydrogens (tertiary/aromatic N) is 3. The lowest BCUT2D eigenvalue weighted by atomic mass is 10.2. The maximum Gasteiger partial charge on any atom is 0.323 e. The number of fused-ring (bicyclic) bond motifs is 1. The molecule has 2 unspecified atom stereocenters. The first-order valence-corrected chi connectivity index (χ1v) is 6.48. The van der Waals surface area contributed by atoms with Crippen molar-refractivity contribution in [2.75, 3.05) is 18.5 Å². The van der Waals surface area contributed by atoms with Crippen LogP contribution >= 0.6 is 0 Å². The summed E-state index contributed by atoms with van der Waals surface area (Å²) in [6.45, 7) is 0.0695. The lowest BCUT2D eigenvalue weighted by Crippen LogP contribution is -2.40. The first kappa shape index (κ1) is 12.9. The van der Waals surface area contributed by atoms with Crippen LogP contribution in [0.2, 0.25) is 0 Å². The van der Waals surface area contributed by atoms with Gasteiger partial charge in [-0.25, -0.2) is 9.31 Å². The number of β-amino-alcohol motifs (C(OH)–C–C–N with tert-alkyl or cyclic N) is 1. The fraction of sp³-hybridized carbons (Fsp3) is 0.385. The molecule has 1 aliphatic rings. The van der Waals surface area contributed by atoms with Crippen LogP contribution in [-0.4, -0.2) is 56.1 Å². The van der Waals surface area contributed by atoms with Crippen molar-refractivity contribution in [3.8, 4) is 0 Å². The number of aliphatic hydroxyl groups excluding tert-OH is 2. The van der Waals surface area contributed by atoms with Gasteiger partial charge in [-0.15, -0.1) is 5.10 Å². The molecule has 2 aromatic heterocycles. The van der Waals surface area contributed by atoms with Crippen LogP contribution in [0.5, 0.6) is 0 Å². The number of aliphatic hydroxyl groups is 2. The lowest BCUT2D eigenvalue weighted by Gasteiger charge is -2.22. The predicted octanol–water partition coefficient (Wildman–Crippen LogP) is 0.294. The summed E-state index contributed by atoms with van der Waals surface area (Å²) in [5.41, 5.74) is 0.878. The predicted molar refractivity (Wildman–Crippen MR) is 72.4 cm³/mol. The number of hydrogen-bond acceptors (Lipinski definition) is 4. The minimum absolute atomic E-state index is 0.157. The Hall–Kier alpha value is -2.12. The Kier molecular flexibility index (Phi) is 3.29. The number of amides is 2. The molecule has 3 N–H and O–H groups in total. The molecular weight excluding hydrogens is 260 g/mol. The van der Waals surface area contributed by atoms with Crippen molar-refractivity contribution < 1.29 is 15.0 Å². The molecule has 1 aliphatic heterocycles. The Morgan fingerprint density at radius 3 is 3.10 bits per heavy atom. The maximum atomic E-state index is 12.1. The third-order valence-corrected chi connectivity index (χ3v) is 3.47. The quantitative estimate of drug-likeness (QED) is 0.735. The SMILES string of the molecule is O=C(Nc1cc2ccccn2n1)N1CC(O)CC1CO. The van der Waals surface area contributed by atoms with Crippen LogP contribution in [0, 0.1) is 0 Å². The van der Waals surface area contributed by atoms with Crippen LogP contribution in [-0.2, 0) is 0 Å². The number of hydrogen-bond donors (Lipinski definition) is 3. The van der Waals surface area contributed by atoms with Crippen LogP contribution in [0.3, 0.4) is 0 Å². The first-order chi connectivity index (χ1) is 9.67. The van der Waals surface area contributed by atoms with Gasteiger partial charge in [0.15, 0.2) is 5.82 Å². The highest BCUT2D eigenvalue weighted by Crippen LogP contribution is 2.19. The van der Waals surface area contributed by atoms with E-state index in [9.17, 15) is 15.0 Å².